The molecular formula is C14H19N3O2. The van der Waals surface area contributed by atoms with Crippen molar-refractivity contribution in [2.24, 2.45) is 0 Å². The molecule has 1 aromatic rings. The fourth-order valence-corrected chi connectivity index (χ4v) is 1.51. The largest absolute Gasteiger partial charge is 0.495 e. The molecule has 5 heteroatoms. The smallest absolute Gasteiger partial charge is 0.239 e. The number of carbonyl (C=O) groups is 1. The van der Waals surface area contributed by atoms with E-state index in [9.17, 15) is 4.79 Å². The Labute approximate surface area is 113 Å². The number of benzene rings is 1. The van der Waals surface area contributed by atoms with Crippen molar-refractivity contribution < 1.29 is 9.53 Å². The number of carbonyl (C=O) groups excluding carboxylic acids is 1. The van der Waals surface area contributed by atoms with Gasteiger partial charge in [0.1, 0.15) is 5.75 Å². The molecular weight excluding hydrogens is 242 g/mol. The van der Waals surface area contributed by atoms with Crippen LogP contribution in [0.3, 0.4) is 0 Å². The molecule has 0 bridgehead atoms. The summed E-state index contributed by atoms with van der Waals surface area (Å²) in [6.07, 6.45) is 0.895. The summed E-state index contributed by atoms with van der Waals surface area (Å²) in [6, 6.07) is 7.25. The molecule has 102 valence electrons. The predicted molar refractivity (Wildman–Crippen MR) is 74.1 cm³/mol. The second kappa shape index (κ2) is 7.27. The fourth-order valence-electron chi connectivity index (χ4n) is 1.51. The first kappa shape index (κ1) is 14.8. The second-order valence-corrected chi connectivity index (χ2v) is 4.26. The van der Waals surface area contributed by atoms with Crippen molar-refractivity contribution >= 4 is 11.6 Å². The standard InChI is InChI=1S/C14H19N3O2/c1-4-10(2)17-14(18)9-16-12-6-5-11(8-15)7-13(12)19-3/h5-7,10,16H,4,9H2,1-3H3,(H,17,18). The van der Waals surface area contributed by atoms with Crippen LogP contribution in [-0.4, -0.2) is 25.6 Å². The Morgan fingerprint density at radius 2 is 2.26 bits per heavy atom. The van der Waals surface area contributed by atoms with Crippen molar-refractivity contribution in [3.63, 3.8) is 0 Å². The van der Waals surface area contributed by atoms with E-state index in [1.54, 1.807) is 18.2 Å². The highest BCUT2D eigenvalue weighted by Crippen LogP contribution is 2.24. The van der Waals surface area contributed by atoms with Crippen LogP contribution in [0, 0.1) is 11.3 Å². The molecule has 0 saturated carbocycles. The van der Waals surface area contributed by atoms with Gasteiger partial charge in [-0.15, -0.1) is 0 Å². The molecule has 0 fully saturated rings. The average molecular weight is 261 g/mol. The zero-order valence-corrected chi connectivity index (χ0v) is 11.5. The van der Waals surface area contributed by atoms with Gasteiger partial charge in [-0.05, 0) is 25.5 Å². The minimum Gasteiger partial charge on any atom is -0.495 e. The third-order valence-corrected chi connectivity index (χ3v) is 2.79. The summed E-state index contributed by atoms with van der Waals surface area (Å²) in [4.78, 5) is 11.6. The summed E-state index contributed by atoms with van der Waals surface area (Å²) in [5, 5.41) is 14.7. The zero-order chi connectivity index (χ0) is 14.3. The van der Waals surface area contributed by atoms with Gasteiger partial charge < -0.3 is 15.4 Å². The van der Waals surface area contributed by atoms with Crippen LogP contribution < -0.4 is 15.4 Å². The van der Waals surface area contributed by atoms with Crippen molar-refractivity contribution in [2.45, 2.75) is 26.3 Å². The SMILES string of the molecule is CCC(C)NC(=O)CNc1ccc(C#N)cc1OC. The average Bonchev–Trinajstić information content (AvgIpc) is 2.44. The van der Waals surface area contributed by atoms with Crippen LogP contribution in [0.1, 0.15) is 25.8 Å². The number of nitrogens with one attached hydrogen (secondary N) is 2. The first-order valence-electron chi connectivity index (χ1n) is 6.22. The summed E-state index contributed by atoms with van der Waals surface area (Å²) in [5.74, 6) is 0.483. The van der Waals surface area contributed by atoms with Gasteiger partial charge in [0.05, 0.1) is 31.0 Å². The molecule has 1 rings (SSSR count). The van der Waals surface area contributed by atoms with Crippen LogP contribution in [0.5, 0.6) is 5.75 Å². The first-order valence-corrected chi connectivity index (χ1v) is 6.22. The lowest BCUT2D eigenvalue weighted by Crippen LogP contribution is -2.36. The quantitative estimate of drug-likeness (QED) is 0.820. The van der Waals surface area contributed by atoms with Gasteiger partial charge in [0.2, 0.25) is 5.91 Å². The molecule has 0 spiro atoms. The summed E-state index contributed by atoms with van der Waals surface area (Å²) >= 11 is 0. The van der Waals surface area contributed by atoms with E-state index in [2.05, 4.69) is 10.6 Å². The summed E-state index contributed by atoms with van der Waals surface area (Å²) in [7, 11) is 1.53. The Hall–Kier alpha value is -2.22. The highest BCUT2D eigenvalue weighted by atomic mass is 16.5. The highest BCUT2D eigenvalue weighted by molar-refractivity contribution is 5.81. The number of ether oxygens (including phenoxy) is 1. The Morgan fingerprint density at radius 3 is 2.84 bits per heavy atom. The monoisotopic (exact) mass is 261 g/mol. The molecule has 1 atom stereocenters. The van der Waals surface area contributed by atoms with Gasteiger partial charge >= 0.3 is 0 Å². The maximum Gasteiger partial charge on any atom is 0.239 e. The van der Waals surface area contributed by atoms with Crippen molar-refractivity contribution in [1.29, 1.82) is 5.26 Å². The molecule has 0 aliphatic heterocycles. The molecule has 2 N–H and O–H groups in total. The van der Waals surface area contributed by atoms with Gasteiger partial charge in [0.25, 0.3) is 0 Å². The molecule has 0 heterocycles. The number of anilines is 1. The maximum atomic E-state index is 11.6. The van der Waals surface area contributed by atoms with E-state index in [1.807, 2.05) is 19.9 Å². The molecule has 0 aromatic heterocycles. The van der Waals surface area contributed by atoms with Crippen LogP contribution in [0.25, 0.3) is 0 Å². The van der Waals surface area contributed by atoms with E-state index in [-0.39, 0.29) is 18.5 Å². The Kier molecular flexibility index (Phi) is 5.68. The first-order chi connectivity index (χ1) is 9.10. The predicted octanol–water partition coefficient (Wildman–Crippen LogP) is 1.89. The number of hydrogen-bond acceptors (Lipinski definition) is 4. The lowest BCUT2D eigenvalue weighted by Gasteiger charge is -2.14. The maximum absolute atomic E-state index is 11.6. The molecule has 0 aliphatic rings. The van der Waals surface area contributed by atoms with Gasteiger partial charge in [-0.2, -0.15) is 5.26 Å². The van der Waals surface area contributed by atoms with Crippen LogP contribution in [-0.2, 0) is 4.79 Å². The molecule has 1 aromatic carbocycles. The minimum atomic E-state index is -0.0687. The van der Waals surface area contributed by atoms with E-state index in [0.29, 0.717) is 17.0 Å². The molecule has 0 aliphatic carbocycles. The van der Waals surface area contributed by atoms with E-state index >= 15 is 0 Å². The van der Waals surface area contributed by atoms with E-state index in [4.69, 9.17) is 10.00 Å². The number of methoxy groups -OCH3 is 1. The molecule has 0 radical (unpaired) electrons. The topological polar surface area (TPSA) is 74.2 Å². The number of nitriles is 1. The Balaban J connectivity index is 2.63. The van der Waals surface area contributed by atoms with E-state index in [0.717, 1.165) is 6.42 Å². The molecule has 0 saturated heterocycles. The number of amides is 1. The van der Waals surface area contributed by atoms with Gasteiger partial charge in [-0.25, -0.2) is 0 Å². The third kappa shape index (κ3) is 4.51. The minimum absolute atomic E-state index is 0.0687. The Bertz CT molecular complexity index is 480. The molecule has 5 nitrogen and oxygen atoms in total. The van der Waals surface area contributed by atoms with Gasteiger partial charge in [0, 0.05) is 12.1 Å². The van der Waals surface area contributed by atoms with Crippen LogP contribution in [0.15, 0.2) is 18.2 Å². The number of nitrogens with zero attached hydrogens (tertiary/aromatic N) is 1. The third-order valence-electron chi connectivity index (χ3n) is 2.79. The Morgan fingerprint density at radius 1 is 1.53 bits per heavy atom. The normalized spacial score (nSPS) is 11.3. The lowest BCUT2D eigenvalue weighted by molar-refractivity contribution is -0.120. The zero-order valence-electron chi connectivity index (χ0n) is 11.5. The second-order valence-electron chi connectivity index (χ2n) is 4.26. The van der Waals surface area contributed by atoms with Gasteiger partial charge in [0.15, 0.2) is 0 Å². The van der Waals surface area contributed by atoms with Crippen molar-refractivity contribution in [2.75, 3.05) is 19.0 Å². The summed E-state index contributed by atoms with van der Waals surface area (Å²) in [5.41, 5.74) is 1.22. The summed E-state index contributed by atoms with van der Waals surface area (Å²) in [6.45, 7) is 4.15. The van der Waals surface area contributed by atoms with Crippen LogP contribution in [0.4, 0.5) is 5.69 Å². The van der Waals surface area contributed by atoms with Gasteiger partial charge in [-0.1, -0.05) is 6.92 Å². The van der Waals surface area contributed by atoms with E-state index < -0.39 is 0 Å². The van der Waals surface area contributed by atoms with Crippen LogP contribution >= 0.6 is 0 Å². The van der Waals surface area contributed by atoms with Crippen LogP contribution in [0.2, 0.25) is 0 Å². The molecule has 19 heavy (non-hydrogen) atoms. The van der Waals surface area contributed by atoms with Crippen molar-refractivity contribution in [3.05, 3.63) is 23.8 Å². The van der Waals surface area contributed by atoms with Gasteiger partial charge in [-0.3, -0.25) is 4.79 Å². The lowest BCUT2D eigenvalue weighted by atomic mass is 10.2. The fraction of sp³-hybridized carbons (Fsp3) is 0.429. The van der Waals surface area contributed by atoms with E-state index in [1.165, 1.54) is 7.11 Å². The highest BCUT2D eigenvalue weighted by Gasteiger charge is 2.08. The number of hydrogen-bond donors (Lipinski definition) is 2. The van der Waals surface area contributed by atoms with Crippen molar-refractivity contribution in [3.8, 4) is 11.8 Å². The molecule has 1 amide bonds. The summed E-state index contributed by atoms with van der Waals surface area (Å²) < 4.78 is 5.18. The number of rotatable bonds is 6. The molecule has 1 unspecified atom stereocenters. The van der Waals surface area contributed by atoms with Crippen molar-refractivity contribution in [1.82, 2.24) is 5.32 Å².